The topological polar surface area (TPSA) is 153 Å². The summed E-state index contributed by atoms with van der Waals surface area (Å²) >= 11 is 0. The molecule has 0 amide bonds. The van der Waals surface area contributed by atoms with E-state index < -0.39 is 19.7 Å². The molecule has 12 aromatic rings. The molecule has 0 spiro atoms. The number of imidazole rings is 4. The Kier molecular flexibility index (Phi) is 18.5. The van der Waals surface area contributed by atoms with Crippen molar-refractivity contribution in [2.24, 2.45) is 0 Å². The van der Waals surface area contributed by atoms with Gasteiger partial charge >= 0.3 is 0 Å². The van der Waals surface area contributed by atoms with Crippen LogP contribution in [0.1, 0.15) is 45.0 Å². The van der Waals surface area contributed by atoms with Crippen molar-refractivity contribution in [2.75, 3.05) is 49.2 Å². The highest BCUT2D eigenvalue weighted by Crippen LogP contribution is 2.29. The van der Waals surface area contributed by atoms with Gasteiger partial charge in [0.15, 0.2) is 19.7 Å². The number of nitrogens with zero attached hydrogens (tertiary/aromatic N) is 12. The van der Waals surface area contributed by atoms with Crippen molar-refractivity contribution in [3.05, 3.63) is 262 Å². The lowest BCUT2D eigenvalue weighted by Crippen LogP contribution is -2.39. The molecule has 2 saturated heterocycles. The molecule has 90 heavy (non-hydrogen) atoms. The highest BCUT2D eigenvalue weighted by atomic mass is 32.2. The number of aromatic nitrogens is 8. The number of fused-ring (bicyclic) bond motifs is 4. The van der Waals surface area contributed by atoms with Gasteiger partial charge in [-0.15, -0.1) is 0 Å². The van der Waals surface area contributed by atoms with E-state index in [9.17, 15) is 25.6 Å². The Balaban J connectivity index is 0.000000124. The summed E-state index contributed by atoms with van der Waals surface area (Å²) in [6.07, 6.45) is 7.87. The van der Waals surface area contributed by atoms with Gasteiger partial charge in [-0.25, -0.2) is 58.7 Å². The van der Waals surface area contributed by atoms with Crippen molar-refractivity contribution in [3.63, 3.8) is 0 Å². The summed E-state index contributed by atoms with van der Waals surface area (Å²) in [6, 6.07) is 50.3. The lowest BCUT2D eigenvalue weighted by atomic mass is 10.1. The molecule has 0 N–H and O–H groups in total. The van der Waals surface area contributed by atoms with Gasteiger partial charge in [-0.1, -0.05) is 84.9 Å². The third-order valence-electron chi connectivity index (χ3n) is 15.8. The SMILES string of the molecule is Cc1cn2c(-c3ccc(CN4CCS(=O)(=O)CC4)cc3)cccc2n1.Cc1cn2c(-c3ccc(CN4CCS(=O)(=O)CC4)cc3F)cccc2n1.[C-]#[N+]Cc1ccc(-c2cccc3nc(C)cn23)c(F)c1.[C-]#[N+]Cc1ccc(-c2cccc3nc(C)cn23)cc1. The highest BCUT2D eigenvalue weighted by molar-refractivity contribution is 7.91. The number of sulfone groups is 2. The number of aryl methyl sites for hydroxylation is 4. The molecule has 20 heteroatoms. The van der Waals surface area contributed by atoms with Crippen LogP contribution in [0.2, 0.25) is 0 Å². The zero-order valence-electron chi connectivity index (χ0n) is 50.4. The predicted molar refractivity (Wildman–Crippen MR) is 350 cm³/mol. The summed E-state index contributed by atoms with van der Waals surface area (Å²) in [5, 5.41) is 0. The summed E-state index contributed by atoms with van der Waals surface area (Å²) in [7, 11) is -5.72. The van der Waals surface area contributed by atoms with E-state index in [1.807, 2.05) is 140 Å². The van der Waals surface area contributed by atoms with E-state index in [-0.39, 0.29) is 41.2 Å². The summed E-state index contributed by atoms with van der Waals surface area (Å²) in [4.78, 5) is 28.7. The molecule has 0 aliphatic carbocycles. The normalized spacial score (nSPS) is 14.6. The van der Waals surface area contributed by atoms with Crippen molar-refractivity contribution >= 4 is 42.3 Å². The van der Waals surface area contributed by atoms with Gasteiger partial charge < -0.3 is 9.69 Å². The second-order valence-corrected chi connectivity index (χ2v) is 27.2. The van der Waals surface area contributed by atoms with E-state index in [1.54, 1.807) is 24.3 Å². The van der Waals surface area contributed by atoms with Gasteiger partial charge in [0.2, 0.25) is 13.1 Å². The molecule has 456 valence electrons. The van der Waals surface area contributed by atoms with E-state index in [0.29, 0.717) is 56.0 Å². The van der Waals surface area contributed by atoms with Gasteiger partial charge in [0.05, 0.1) is 68.6 Å². The summed E-state index contributed by atoms with van der Waals surface area (Å²) < 4.78 is 83.1. The molecule has 0 bridgehead atoms. The first kappa shape index (κ1) is 61.9. The van der Waals surface area contributed by atoms with E-state index in [1.165, 1.54) is 11.6 Å². The van der Waals surface area contributed by atoms with Gasteiger partial charge in [-0.05, 0) is 123 Å². The molecule has 2 aliphatic heterocycles. The Bertz CT molecular complexity index is 4880. The third-order valence-corrected chi connectivity index (χ3v) is 19.0. The molecule has 16 nitrogen and oxygen atoms in total. The molecule has 4 aromatic carbocycles. The van der Waals surface area contributed by atoms with E-state index >= 15 is 0 Å². The van der Waals surface area contributed by atoms with Crippen molar-refractivity contribution in [2.45, 2.75) is 53.9 Å². The summed E-state index contributed by atoms with van der Waals surface area (Å²) in [6.45, 7) is 25.8. The maximum absolute atomic E-state index is 14.8. The quantitative estimate of drug-likeness (QED) is 0.121. The minimum Gasteiger partial charge on any atom is -0.312 e. The first-order valence-electron chi connectivity index (χ1n) is 29.5. The van der Waals surface area contributed by atoms with Crippen LogP contribution < -0.4 is 0 Å². The molecular weight excluding hydrogens is 1170 g/mol. The highest BCUT2D eigenvalue weighted by Gasteiger charge is 2.23. The molecular formula is C70H66F2N12O4S2. The molecule has 8 aromatic heterocycles. The second kappa shape index (κ2) is 27.0. The average molecular weight is 1240 g/mol. The molecule has 0 atom stereocenters. The summed E-state index contributed by atoms with van der Waals surface area (Å²) in [5.41, 5.74) is 18.2. The van der Waals surface area contributed by atoms with Gasteiger partial charge in [0.25, 0.3) is 0 Å². The van der Waals surface area contributed by atoms with Crippen LogP contribution in [0.3, 0.4) is 0 Å². The molecule has 0 radical (unpaired) electrons. The number of rotatable bonds is 10. The maximum atomic E-state index is 14.8. The Morgan fingerprint density at radius 1 is 0.400 bits per heavy atom. The molecule has 14 rings (SSSR count). The fourth-order valence-corrected chi connectivity index (χ4v) is 13.8. The van der Waals surface area contributed by atoms with Crippen LogP contribution in [-0.2, 0) is 45.9 Å². The standard InChI is InChI=1S/C19H20FN3O2S.C19H21N3O2S.C16H12FN3.C16H13N3/c1-14-12-23-18(3-2-4-19(23)21-14)16-6-5-15(11-17(16)20)13-22-7-9-26(24,25)10-8-22;1-15-13-22-18(3-2-4-19(22)20-15)17-7-5-16(6-8-17)14-21-9-11-25(23,24)12-10-21;1-11-10-20-15(4-3-5-16(20)19-11)13-7-6-12(9-18-2)8-14(13)17;1-12-11-19-15(4-3-5-16(19)18-12)14-8-6-13(7-9-14)10-17-2/h2-6,11-12H,7-10,13H2,1H3;2-8,13H,9-12,14H2,1H3;3-8,10H,9H2,1H3;3-9,11H,10H2,1H3. The molecule has 10 heterocycles. The third kappa shape index (κ3) is 14.7. The number of benzene rings is 4. The number of hydrogen-bond donors (Lipinski definition) is 0. The van der Waals surface area contributed by atoms with Crippen LogP contribution >= 0.6 is 0 Å². The van der Waals surface area contributed by atoms with Gasteiger partial charge in [-0.3, -0.25) is 27.4 Å². The fraction of sp³-hybridized carbons (Fsp3) is 0.229. The van der Waals surface area contributed by atoms with E-state index in [0.717, 1.165) is 96.9 Å². The number of pyridine rings is 4. The average Bonchev–Trinajstić information content (AvgIpc) is 1.85. The Labute approximate surface area is 522 Å². The number of halogens is 2. The first-order valence-corrected chi connectivity index (χ1v) is 33.1. The minimum atomic E-state index is -2.90. The van der Waals surface area contributed by atoms with Crippen LogP contribution in [0, 0.1) is 52.5 Å². The van der Waals surface area contributed by atoms with Crippen LogP contribution in [0.25, 0.3) is 77.3 Å². The zero-order valence-corrected chi connectivity index (χ0v) is 52.0. The molecule has 0 unspecified atom stereocenters. The monoisotopic (exact) mass is 1240 g/mol. The lowest BCUT2D eigenvalue weighted by Gasteiger charge is -2.26. The summed E-state index contributed by atoms with van der Waals surface area (Å²) in [5.74, 6) is 0.293. The van der Waals surface area contributed by atoms with Crippen molar-refractivity contribution in [1.29, 1.82) is 0 Å². The van der Waals surface area contributed by atoms with Gasteiger partial charge in [-0.2, -0.15) is 0 Å². The predicted octanol–water partition coefficient (Wildman–Crippen LogP) is 12.8. The molecule has 2 aliphatic rings. The van der Waals surface area contributed by atoms with Crippen LogP contribution in [0.15, 0.2) is 183 Å². The van der Waals surface area contributed by atoms with Crippen LogP contribution in [-0.4, -0.2) is 113 Å². The van der Waals surface area contributed by atoms with Crippen molar-refractivity contribution in [3.8, 4) is 45.0 Å². The second-order valence-electron chi connectivity index (χ2n) is 22.6. The minimum absolute atomic E-state index is 0.176. The molecule has 2 fully saturated rings. The van der Waals surface area contributed by atoms with Gasteiger partial charge in [0, 0.05) is 86.3 Å². The van der Waals surface area contributed by atoms with E-state index in [4.69, 9.17) is 13.1 Å². The van der Waals surface area contributed by atoms with Gasteiger partial charge in [0.1, 0.15) is 34.2 Å². The zero-order chi connectivity index (χ0) is 63.1. The fourth-order valence-electron chi connectivity index (χ4n) is 11.2. The smallest absolute Gasteiger partial charge is 0.239 e. The van der Waals surface area contributed by atoms with Crippen molar-refractivity contribution in [1.82, 2.24) is 47.3 Å². The van der Waals surface area contributed by atoms with Crippen LogP contribution in [0.4, 0.5) is 8.78 Å². The lowest BCUT2D eigenvalue weighted by molar-refractivity contribution is 0.287. The number of hydrogen-bond acceptors (Lipinski definition) is 10. The Morgan fingerprint density at radius 2 is 0.711 bits per heavy atom. The Hall–Kier alpha value is -9.70. The largest absolute Gasteiger partial charge is 0.312 e. The maximum Gasteiger partial charge on any atom is 0.239 e. The van der Waals surface area contributed by atoms with Crippen LogP contribution in [0.5, 0.6) is 0 Å². The first-order chi connectivity index (χ1) is 43.4. The Morgan fingerprint density at radius 3 is 1.09 bits per heavy atom. The van der Waals surface area contributed by atoms with E-state index in [2.05, 4.69) is 96.8 Å². The van der Waals surface area contributed by atoms with Crippen molar-refractivity contribution < 1.29 is 25.6 Å². The molecule has 0 saturated carbocycles.